The summed E-state index contributed by atoms with van der Waals surface area (Å²) in [6, 6.07) is 7.46. The number of imidazole rings is 1. The highest BCUT2D eigenvalue weighted by molar-refractivity contribution is 8.00. The summed E-state index contributed by atoms with van der Waals surface area (Å²) in [4.78, 5) is 31.1. The molecule has 1 unspecified atom stereocenters. The Labute approximate surface area is 162 Å². The molecule has 2 heterocycles. The monoisotopic (exact) mass is 388 g/mol. The van der Waals surface area contributed by atoms with E-state index in [9.17, 15) is 9.59 Å². The van der Waals surface area contributed by atoms with Gasteiger partial charge in [-0.3, -0.25) is 14.5 Å². The normalized spacial score (nSPS) is 17.6. The fourth-order valence-electron chi connectivity index (χ4n) is 3.11. The number of anilines is 1. The van der Waals surface area contributed by atoms with Gasteiger partial charge < -0.3 is 20.9 Å². The van der Waals surface area contributed by atoms with Gasteiger partial charge in [-0.15, -0.1) is 11.8 Å². The van der Waals surface area contributed by atoms with Crippen LogP contribution in [0.5, 0.6) is 0 Å². The van der Waals surface area contributed by atoms with Gasteiger partial charge in [-0.2, -0.15) is 0 Å². The number of carbonyl (C=O) groups excluding carboxylic acids is 2. The van der Waals surface area contributed by atoms with Crippen LogP contribution in [0.3, 0.4) is 0 Å². The number of nitrogens with two attached hydrogens (primary N) is 1. The van der Waals surface area contributed by atoms with Crippen LogP contribution in [0, 0.1) is 0 Å². The molecule has 2 amide bonds. The second-order valence-corrected chi connectivity index (χ2v) is 7.40. The molecule has 2 aromatic rings. The Bertz CT molecular complexity index is 809. The Morgan fingerprint density at radius 2 is 2.22 bits per heavy atom. The molecule has 1 aliphatic heterocycles. The van der Waals surface area contributed by atoms with E-state index in [0.29, 0.717) is 5.69 Å². The molecule has 1 aliphatic rings. The predicted molar refractivity (Wildman–Crippen MR) is 105 cm³/mol. The minimum atomic E-state index is -0.389. The minimum Gasteiger partial charge on any atom is -0.369 e. The van der Waals surface area contributed by atoms with Crippen molar-refractivity contribution in [2.24, 2.45) is 12.8 Å². The molecule has 0 saturated carbocycles. The molecule has 1 aromatic carbocycles. The zero-order valence-corrected chi connectivity index (χ0v) is 16.0. The van der Waals surface area contributed by atoms with Gasteiger partial charge in [0.05, 0.1) is 24.0 Å². The van der Waals surface area contributed by atoms with Gasteiger partial charge in [0.25, 0.3) is 0 Å². The van der Waals surface area contributed by atoms with Crippen molar-refractivity contribution >= 4 is 29.3 Å². The summed E-state index contributed by atoms with van der Waals surface area (Å²) >= 11 is 1.32. The molecule has 8 nitrogen and oxygen atoms in total. The second-order valence-electron chi connectivity index (χ2n) is 6.39. The molecule has 0 bridgehead atoms. The Balaban J connectivity index is 1.66. The number of carbonyl (C=O) groups is 2. The average Bonchev–Trinajstić information content (AvgIpc) is 3.07. The number of nitrogens with zero attached hydrogens (tertiary/aromatic N) is 3. The van der Waals surface area contributed by atoms with Crippen molar-refractivity contribution in [2.45, 2.75) is 10.9 Å². The number of piperazine rings is 1. The van der Waals surface area contributed by atoms with E-state index in [1.165, 1.54) is 11.8 Å². The van der Waals surface area contributed by atoms with Gasteiger partial charge in [0.15, 0.2) is 0 Å². The Morgan fingerprint density at radius 3 is 2.96 bits per heavy atom. The number of nitrogens with one attached hydrogen (secondary N) is 2. The zero-order valence-electron chi connectivity index (χ0n) is 15.2. The van der Waals surface area contributed by atoms with Gasteiger partial charge in [-0.05, 0) is 12.1 Å². The van der Waals surface area contributed by atoms with E-state index in [1.54, 1.807) is 6.20 Å². The van der Waals surface area contributed by atoms with E-state index in [2.05, 4.69) is 20.5 Å². The number of rotatable bonds is 7. The van der Waals surface area contributed by atoms with Crippen LogP contribution < -0.4 is 16.4 Å². The molecule has 1 fully saturated rings. The fourth-order valence-corrected chi connectivity index (χ4v) is 3.85. The first-order valence-electron chi connectivity index (χ1n) is 8.76. The molecule has 27 heavy (non-hydrogen) atoms. The predicted octanol–water partition coefficient (Wildman–Crippen LogP) is 0.583. The average molecular weight is 388 g/mol. The molecule has 1 atom stereocenters. The molecule has 9 heteroatoms. The molecule has 0 aliphatic carbocycles. The summed E-state index contributed by atoms with van der Waals surface area (Å²) in [5.41, 5.74) is 5.91. The number of hydrogen-bond donors (Lipinski definition) is 3. The Hall–Kier alpha value is -2.36. The van der Waals surface area contributed by atoms with Crippen LogP contribution in [0.25, 0.3) is 0 Å². The molecule has 0 spiro atoms. The number of thioether (sulfide) groups is 1. The first kappa shape index (κ1) is 19.4. The zero-order chi connectivity index (χ0) is 19.2. The topological polar surface area (TPSA) is 105 Å². The molecule has 4 N–H and O–H groups in total. The van der Waals surface area contributed by atoms with Crippen molar-refractivity contribution < 1.29 is 9.59 Å². The Morgan fingerprint density at radius 1 is 1.41 bits per heavy atom. The first-order chi connectivity index (χ1) is 13.0. The van der Waals surface area contributed by atoms with E-state index in [1.807, 2.05) is 42.1 Å². The number of aromatic nitrogens is 2. The largest absolute Gasteiger partial charge is 0.369 e. The van der Waals surface area contributed by atoms with E-state index < -0.39 is 0 Å². The van der Waals surface area contributed by atoms with Crippen molar-refractivity contribution in [3.05, 3.63) is 42.5 Å². The lowest BCUT2D eigenvalue weighted by atomic mass is 10.1. The van der Waals surface area contributed by atoms with E-state index in [-0.39, 0.29) is 30.2 Å². The number of primary amides is 1. The standard InChI is InChI=1S/C18H24N6O2S/c1-23-8-7-21-18(23)14-10-20-6-9-24(14)11-17(26)22-13-4-2-3-5-15(13)27-12-16(19)25/h2-5,7-8,14,20H,6,9-12H2,1H3,(H2,19,25)(H,22,26). The molecular weight excluding hydrogens is 364 g/mol. The van der Waals surface area contributed by atoms with Gasteiger partial charge >= 0.3 is 0 Å². The Kier molecular flexibility index (Phi) is 6.49. The van der Waals surface area contributed by atoms with Gasteiger partial charge in [0.2, 0.25) is 11.8 Å². The number of aryl methyl sites for hydroxylation is 1. The van der Waals surface area contributed by atoms with Gasteiger partial charge in [0.1, 0.15) is 5.82 Å². The molecule has 144 valence electrons. The summed E-state index contributed by atoms with van der Waals surface area (Å²) in [6.45, 7) is 2.62. The van der Waals surface area contributed by atoms with Crippen LogP contribution >= 0.6 is 11.8 Å². The summed E-state index contributed by atoms with van der Waals surface area (Å²) < 4.78 is 1.98. The van der Waals surface area contributed by atoms with E-state index >= 15 is 0 Å². The van der Waals surface area contributed by atoms with Crippen molar-refractivity contribution in [3.63, 3.8) is 0 Å². The number of benzene rings is 1. The lowest BCUT2D eigenvalue weighted by molar-refractivity contribution is -0.118. The molecule has 3 rings (SSSR count). The fraction of sp³-hybridized carbons (Fsp3) is 0.389. The third-order valence-electron chi connectivity index (χ3n) is 4.39. The molecular formula is C18H24N6O2S. The van der Waals surface area contributed by atoms with Crippen LogP contribution in [-0.2, 0) is 16.6 Å². The van der Waals surface area contributed by atoms with Crippen molar-refractivity contribution in [2.75, 3.05) is 37.2 Å². The maximum absolute atomic E-state index is 12.7. The minimum absolute atomic E-state index is 0.0454. The summed E-state index contributed by atoms with van der Waals surface area (Å²) in [5, 5.41) is 6.33. The number of para-hydroxylation sites is 1. The van der Waals surface area contributed by atoms with Gasteiger partial charge in [-0.1, -0.05) is 12.1 Å². The van der Waals surface area contributed by atoms with E-state index in [0.717, 1.165) is 30.4 Å². The smallest absolute Gasteiger partial charge is 0.238 e. The maximum Gasteiger partial charge on any atom is 0.238 e. The number of hydrogen-bond acceptors (Lipinski definition) is 6. The second kappa shape index (κ2) is 9.03. The highest BCUT2D eigenvalue weighted by Crippen LogP contribution is 2.27. The third kappa shape index (κ3) is 5.09. The summed E-state index contributed by atoms with van der Waals surface area (Å²) in [5.74, 6) is 0.627. The molecule has 0 radical (unpaired) electrons. The molecule has 1 aromatic heterocycles. The lowest BCUT2D eigenvalue weighted by Gasteiger charge is -2.35. The molecule has 1 saturated heterocycles. The highest BCUT2D eigenvalue weighted by Gasteiger charge is 2.28. The third-order valence-corrected chi connectivity index (χ3v) is 5.48. The first-order valence-corrected chi connectivity index (χ1v) is 9.75. The SMILES string of the molecule is Cn1ccnc1C1CNCCN1CC(=O)Nc1ccccc1SCC(N)=O. The van der Waals surface area contributed by atoms with Crippen LogP contribution in [0.1, 0.15) is 11.9 Å². The quantitative estimate of drug-likeness (QED) is 0.600. The number of amides is 2. The van der Waals surface area contributed by atoms with Gasteiger partial charge in [0, 0.05) is 44.0 Å². The van der Waals surface area contributed by atoms with Crippen LogP contribution in [0.15, 0.2) is 41.6 Å². The van der Waals surface area contributed by atoms with Crippen molar-refractivity contribution in [1.82, 2.24) is 19.8 Å². The van der Waals surface area contributed by atoms with Crippen LogP contribution in [0.2, 0.25) is 0 Å². The van der Waals surface area contributed by atoms with Gasteiger partial charge in [-0.25, -0.2) is 4.98 Å². The summed E-state index contributed by atoms with van der Waals surface area (Å²) in [6.07, 6.45) is 3.68. The van der Waals surface area contributed by atoms with E-state index in [4.69, 9.17) is 5.73 Å². The lowest BCUT2D eigenvalue weighted by Crippen LogP contribution is -2.49. The summed E-state index contributed by atoms with van der Waals surface area (Å²) in [7, 11) is 1.96. The highest BCUT2D eigenvalue weighted by atomic mass is 32.2. The van der Waals surface area contributed by atoms with Crippen LogP contribution in [0.4, 0.5) is 5.69 Å². The van der Waals surface area contributed by atoms with Crippen molar-refractivity contribution in [1.29, 1.82) is 0 Å². The van der Waals surface area contributed by atoms with Crippen molar-refractivity contribution in [3.8, 4) is 0 Å². The maximum atomic E-state index is 12.7. The van der Waals surface area contributed by atoms with Crippen LogP contribution in [-0.4, -0.2) is 58.2 Å².